The predicted molar refractivity (Wildman–Crippen MR) is 66.2 cm³/mol. The highest BCUT2D eigenvalue weighted by molar-refractivity contribution is 5.95. The van der Waals surface area contributed by atoms with Crippen LogP contribution in [0.2, 0.25) is 0 Å². The number of aromatic nitrogens is 1. The van der Waals surface area contributed by atoms with Crippen LogP contribution < -0.4 is 10.5 Å². The summed E-state index contributed by atoms with van der Waals surface area (Å²) in [5, 5.41) is 8.85. The summed E-state index contributed by atoms with van der Waals surface area (Å²) in [5.74, 6) is -1.27. The van der Waals surface area contributed by atoms with Gasteiger partial charge < -0.3 is 15.6 Å². The molecule has 3 N–H and O–H groups in total. The Hall–Kier alpha value is -2.89. The van der Waals surface area contributed by atoms with Gasteiger partial charge >= 0.3 is 5.97 Å². The Balaban J connectivity index is 2.34. The summed E-state index contributed by atoms with van der Waals surface area (Å²) in [5.41, 5.74) is 5.42. The van der Waals surface area contributed by atoms with Crippen molar-refractivity contribution in [1.82, 2.24) is 4.98 Å². The van der Waals surface area contributed by atoms with Gasteiger partial charge in [0.2, 0.25) is 0 Å². The fraction of sp³-hybridized carbons (Fsp3) is 0. The molecule has 0 aliphatic heterocycles. The number of pyridine rings is 1. The number of hydrogen-bond acceptors (Lipinski definition) is 4. The van der Waals surface area contributed by atoms with E-state index in [4.69, 9.17) is 15.6 Å². The van der Waals surface area contributed by atoms with Crippen LogP contribution in [0.5, 0.6) is 11.5 Å². The third-order valence-electron chi connectivity index (χ3n) is 2.34. The van der Waals surface area contributed by atoms with Crippen molar-refractivity contribution in [3.05, 3.63) is 53.9 Å². The van der Waals surface area contributed by atoms with Gasteiger partial charge in [0.1, 0.15) is 11.5 Å². The average molecular weight is 258 g/mol. The maximum atomic E-state index is 11.2. The van der Waals surface area contributed by atoms with Crippen LogP contribution in [-0.4, -0.2) is 22.0 Å². The maximum absolute atomic E-state index is 11.2. The highest BCUT2D eigenvalue weighted by atomic mass is 16.5. The van der Waals surface area contributed by atoms with Crippen molar-refractivity contribution in [1.29, 1.82) is 0 Å². The van der Waals surface area contributed by atoms with Crippen molar-refractivity contribution in [2.45, 2.75) is 0 Å². The largest absolute Gasteiger partial charge is 0.478 e. The van der Waals surface area contributed by atoms with E-state index in [1.54, 1.807) is 18.2 Å². The van der Waals surface area contributed by atoms with Crippen LogP contribution in [0.4, 0.5) is 0 Å². The Bertz CT molecular complexity index is 640. The number of amides is 1. The minimum absolute atomic E-state index is 0.00550. The minimum atomic E-state index is -1.11. The zero-order valence-electron chi connectivity index (χ0n) is 9.74. The number of hydrogen-bond donors (Lipinski definition) is 2. The van der Waals surface area contributed by atoms with Gasteiger partial charge in [-0.15, -0.1) is 0 Å². The summed E-state index contributed by atoms with van der Waals surface area (Å²) >= 11 is 0. The number of primary amides is 1. The minimum Gasteiger partial charge on any atom is -0.478 e. The molecule has 1 amide bonds. The summed E-state index contributed by atoms with van der Waals surface area (Å²) in [7, 11) is 0. The van der Waals surface area contributed by atoms with Crippen LogP contribution in [0.25, 0.3) is 0 Å². The second-order valence-electron chi connectivity index (χ2n) is 3.68. The molecular formula is C13H10N2O4. The molecule has 0 aliphatic carbocycles. The predicted octanol–water partition coefficient (Wildman–Crippen LogP) is 1.67. The van der Waals surface area contributed by atoms with Crippen LogP contribution in [0.1, 0.15) is 20.7 Å². The fourth-order valence-electron chi connectivity index (χ4n) is 1.48. The lowest BCUT2D eigenvalue weighted by molar-refractivity contribution is 0.0695. The number of nitrogens with two attached hydrogens (primary N) is 1. The lowest BCUT2D eigenvalue weighted by Crippen LogP contribution is -2.12. The number of carbonyl (C=O) groups excluding carboxylic acids is 1. The first kappa shape index (κ1) is 12.6. The molecule has 6 nitrogen and oxygen atoms in total. The molecule has 1 heterocycles. The SMILES string of the molecule is NC(=O)c1ccccc1Oc1cncc(C(=O)O)c1. The molecule has 96 valence electrons. The molecular weight excluding hydrogens is 248 g/mol. The molecule has 0 bridgehead atoms. The van der Waals surface area contributed by atoms with E-state index in [0.29, 0.717) is 0 Å². The van der Waals surface area contributed by atoms with Crippen molar-refractivity contribution in [3.8, 4) is 11.5 Å². The number of nitrogens with zero attached hydrogens (tertiary/aromatic N) is 1. The number of carboxylic acid groups (broad SMARTS) is 1. The average Bonchev–Trinajstić information content (AvgIpc) is 2.39. The van der Waals surface area contributed by atoms with E-state index in [0.717, 1.165) is 0 Å². The third-order valence-corrected chi connectivity index (χ3v) is 2.34. The number of carbonyl (C=O) groups is 2. The molecule has 1 aromatic carbocycles. The van der Waals surface area contributed by atoms with Crippen molar-refractivity contribution in [2.24, 2.45) is 5.73 Å². The molecule has 0 spiro atoms. The second kappa shape index (κ2) is 5.18. The molecule has 0 saturated carbocycles. The van der Waals surface area contributed by atoms with Crippen molar-refractivity contribution in [2.75, 3.05) is 0 Å². The van der Waals surface area contributed by atoms with Crippen LogP contribution in [0, 0.1) is 0 Å². The lowest BCUT2D eigenvalue weighted by atomic mass is 10.2. The molecule has 0 saturated heterocycles. The molecule has 2 aromatic rings. The summed E-state index contributed by atoms with van der Waals surface area (Å²) in [4.78, 5) is 25.8. The van der Waals surface area contributed by atoms with Crippen molar-refractivity contribution in [3.63, 3.8) is 0 Å². The van der Waals surface area contributed by atoms with E-state index in [1.807, 2.05) is 0 Å². The zero-order valence-corrected chi connectivity index (χ0v) is 9.74. The van der Waals surface area contributed by atoms with Gasteiger partial charge in [-0.2, -0.15) is 0 Å². The highest BCUT2D eigenvalue weighted by Gasteiger charge is 2.11. The quantitative estimate of drug-likeness (QED) is 0.868. The summed E-state index contributed by atoms with van der Waals surface area (Å²) in [6.07, 6.45) is 2.55. The summed E-state index contributed by atoms with van der Waals surface area (Å²) in [6, 6.07) is 7.72. The zero-order chi connectivity index (χ0) is 13.8. The molecule has 1 aromatic heterocycles. The number of rotatable bonds is 4. The maximum Gasteiger partial charge on any atom is 0.337 e. The topological polar surface area (TPSA) is 103 Å². The molecule has 0 atom stereocenters. The van der Waals surface area contributed by atoms with E-state index in [-0.39, 0.29) is 22.6 Å². The molecule has 0 fully saturated rings. The Morgan fingerprint density at radius 2 is 1.95 bits per heavy atom. The van der Waals surface area contributed by atoms with Gasteiger partial charge in [0.05, 0.1) is 17.3 Å². The van der Waals surface area contributed by atoms with E-state index in [1.165, 1.54) is 24.5 Å². The monoisotopic (exact) mass is 258 g/mol. The molecule has 19 heavy (non-hydrogen) atoms. The van der Waals surface area contributed by atoms with E-state index in [2.05, 4.69) is 4.98 Å². The van der Waals surface area contributed by atoms with Gasteiger partial charge in [-0.25, -0.2) is 4.79 Å². The summed E-state index contributed by atoms with van der Waals surface area (Å²) in [6.45, 7) is 0. The van der Waals surface area contributed by atoms with Crippen molar-refractivity contribution < 1.29 is 19.4 Å². The third kappa shape index (κ3) is 2.86. The first-order valence-corrected chi connectivity index (χ1v) is 5.33. The fourth-order valence-corrected chi connectivity index (χ4v) is 1.48. The van der Waals surface area contributed by atoms with Crippen LogP contribution >= 0.6 is 0 Å². The summed E-state index contributed by atoms with van der Waals surface area (Å²) < 4.78 is 5.43. The van der Waals surface area contributed by atoms with E-state index in [9.17, 15) is 9.59 Å². The Labute approximate surface area is 108 Å². The van der Waals surface area contributed by atoms with Gasteiger partial charge in [0.15, 0.2) is 0 Å². The molecule has 6 heteroatoms. The van der Waals surface area contributed by atoms with E-state index >= 15 is 0 Å². The van der Waals surface area contributed by atoms with Gasteiger partial charge in [-0.3, -0.25) is 9.78 Å². The first-order valence-electron chi connectivity index (χ1n) is 5.33. The smallest absolute Gasteiger partial charge is 0.337 e. The second-order valence-corrected chi connectivity index (χ2v) is 3.68. The van der Waals surface area contributed by atoms with Crippen molar-refractivity contribution >= 4 is 11.9 Å². The Morgan fingerprint density at radius 3 is 2.63 bits per heavy atom. The van der Waals surface area contributed by atoms with Gasteiger partial charge in [-0.1, -0.05) is 12.1 Å². The molecule has 0 aliphatic rings. The van der Waals surface area contributed by atoms with E-state index < -0.39 is 11.9 Å². The van der Waals surface area contributed by atoms with Gasteiger partial charge in [-0.05, 0) is 18.2 Å². The number of carboxylic acids is 1. The van der Waals surface area contributed by atoms with Crippen LogP contribution in [-0.2, 0) is 0 Å². The van der Waals surface area contributed by atoms with Gasteiger partial charge in [0.25, 0.3) is 5.91 Å². The molecule has 0 unspecified atom stereocenters. The number of aromatic carboxylic acids is 1. The van der Waals surface area contributed by atoms with Crippen LogP contribution in [0.15, 0.2) is 42.7 Å². The lowest BCUT2D eigenvalue weighted by Gasteiger charge is -2.08. The number of benzene rings is 1. The first-order chi connectivity index (χ1) is 9.08. The van der Waals surface area contributed by atoms with Crippen LogP contribution in [0.3, 0.4) is 0 Å². The Morgan fingerprint density at radius 1 is 1.21 bits per heavy atom. The Kier molecular flexibility index (Phi) is 3.42. The standard InChI is InChI=1S/C13H10N2O4/c14-12(16)10-3-1-2-4-11(10)19-9-5-8(13(17)18)6-15-7-9/h1-7H,(H2,14,16)(H,17,18). The highest BCUT2D eigenvalue weighted by Crippen LogP contribution is 2.24. The molecule has 2 rings (SSSR count). The number of para-hydroxylation sites is 1. The normalized spacial score (nSPS) is 9.89. The molecule has 0 radical (unpaired) electrons. The number of ether oxygens (including phenoxy) is 1. The van der Waals surface area contributed by atoms with Gasteiger partial charge in [0, 0.05) is 6.20 Å².